The maximum Gasteiger partial charge on any atom is 0.278 e. The minimum absolute atomic E-state index is 0.142. The van der Waals surface area contributed by atoms with Gasteiger partial charge in [0.05, 0.1) is 12.1 Å². The smallest absolute Gasteiger partial charge is 0.278 e. The first-order chi connectivity index (χ1) is 15.5. The van der Waals surface area contributed by atoms with E-state index < -0.39 is 0 Å². The number of anilines is 1. The Morgan fingerprint density at radius 2 is 1.66 bits per heavy atom. The zero-order valence-electron chi connectivity index (χ0n) is 17.8. The summed E-state index contributed by atoms with van der Waals surface area (Å²) < 4.78 is 10.8. The molecule has 0 atom stereocenters. The average Bonchev–Trinajstić information content (AvgIpc) is 3.34. The van der Waals surface area contributed by atoms with Crippen molar-refractivity contribution in [1.29, 1.82) is 0 Å². The largest absolute Gasteiger partial charge is 0.454 e. The first-order valence-electron chi connectivity index (χ1n) is 10.4. The average molecular weight is 426 g/mol. The van der Waals surface area contributed by atoms with Crippen LogP contribution in [0.3, 0.4) is 0 Å². The molecule has 6 heteroatoms. The van der Waals surface area contributed by atoms with Crippen LogP contribution in [0.2, 0.25) is 0 Å². The Bertz CT molecular complexity index is 1260. The van der Waals surface area contributed by atoms with E-state index in [-0.39, 0.29) is 30.8 Å². The van der Waals surface area contributed by atoms with Gasteiger partial charge < -0.3 is 14.8 Å². The number of para-hydroxylation sites is 1. The van der Waals surface area contributed by atoms with Crippen LogP contribution in [0.15, 0.2) is 72.4 Å². The van der Waals surface area contributed by atoms with Gasteiger partial charge in [0.15, 0.2) is 11.5 Å². The number of nitrogens with one attached hydrogen (secondary N) is 1. The Morgan fingerprint density at radius 1 is 0.875 bits per heavy atom. The molecule has 5 rings (SSSR count). The van der Waals surface area contributed by atoms with Gasteiger partial charge in [-0.2, -0.15) is 0 Å². The molecule has 0 bridgehead atoms. The highest BCUT2D eigenvalue weighted by Crippen LogP contribution is 2.36. The van der Waals surface area contributed by atoms with Crippen molar-refractivity contribution in [3.05, 3.63) is 94.7 Å². The highest BCUT2D eigenvalue weighted by atomic mass is 16.7. The summed E-state index contributed by atoms with van der Waals surface area (Å²) in [6.45, 7) is 4.27. The molecule has 6 nitrogen and oxygen atoms in total. The predicted octanol–water partition coefficient (Wildman–Crippen LogP) is 4.42. The van der Waals surface area contributed by atoms with Crippen molar-refractivity contribution >= 4 is 23.1 Å². The Labute approximate surface area is 186 Å². The minimum Gasteiger partial charge on any atom is -0.454 e. The van der Waals surface area contributed by atoms with Gasteiger partial charge in [0.2, 0.25) is 6.79 Å². The third-order valence-corrected chi connectivity index (χ3v) is 5.64. The van der Waals surface area contributed by atoms with E-state index in [1.165, 1.54) is 4.90 Å². The first kappa shape index (κ1) is 19.9. The lowest BCUT2D eigenvalue weighted by atomic mass is 9.97. The Kier molecular flexibility index (Phi) is 4.90. The van der Waals surface area contributed by atoms with E-state index in [2.05, 4.69) is 5.32 Å². The summed E-state index contributed by atoms with van der Waals surface area (Å²) in [4.78, 5) is 28.3. The minimum atomic E-state index is -0.355. The van der Waals surface area contributed by atoms with Gasteiger partial charge in [-0.05, 0) is 54.8 Å². The molecule has 0 radical (unpaired) electrons. The van der Waals surface area contributed by atoms with E-state index in [4.69, 9.17) is 9.47 Å². The van der Waals surface area contributed by atoms with Crippen molar-refractivity contribution in [3.8, 4) is 11.5 Å². The molecule has 2 aliphatic rings. The Hall–Kier alpha value is -4.06. The molecule has 3 aromatic rings. The zero-order chi connectivity index (χ0) is 22.2. The maximum absolute atomic E-state index is 13.5. The van der Waals surface area contributed by atoms with Gasteiger partial charge in [-0.15, -0.1) is 0 Å². The number of ether oxygens (including phenoxy) is 2. The Balaban J connectivity index is 1.53. The van der Waals surface area contributed by atoms with E-state index in [1.807, 2.05) is 74.5 Å². The second-order valence-electron chi connectivity index (χ2n) is 7.94. The van der Waals surface area contributed by atoms with Crippen LogP contribution >= 0.6 is 0 Å². The molecule has 2 heterocycles. The SMILES string of the molecule is Cc1ccc(C2=C(Nc3ccccc3)C(=O)N(Cc3ccc4c(c3)OCO4)C2=O)c(C)c1. The van der Waals surface area contributed by atoms with Crippen LogP contribution in [0.25, 0.3) is 5.57 Å². The van der Waals surface area contributed by atoms with E-state index in [0.29, 0.717) is 17.1 Å². The second kappa shape index (κ2) is 7.89. The van der Waals surface area contributed by atoms with Crippen molar-refractivity contribution < 1.29 is 19.1 Å². The highest BCUT2D eigenvalue weighted by molar-refractivity contribution is 6.36. The van der Waals surface area contributed by atoms with Gasteiger partial charge in [0.25, 0.3) is 11.8 Å². The molecular formula is C26H22N2O4. The third kappa shape index (κ3) is 3.50. The van der Waals surface area contributed by atoms with Gasteiger partial charge in [0.1, 0.15) is 5.70 Å². The molecule has 0 spiro atoms. The Morgan fingerprint density at radius 3 is 2.44 bits per heavy atom. The predicted molar refractivity (Wildman–Crippen MR) is 121 cm³/mol. The zero-order valence-corrected chi connectivity index (χ0v) is 17.8. The van der Waals surface area contributed by atoms with Crippen molar-refractivity contribution in [1.82, 2.24) is 4.90 Å². The fraction of sp³-hybridized carbons (Fsp3) is 0.154. The van der Waals surface area contributed by atoms with Gasteiger partial charge >= 0.3 is 0 Å². The summed E-state index contributed by atoms with van der Waals surface area (Å²) in [5, 5.41) is 3.19. The number of amides is 2. The molecule has 0 unspecified atom stereocenters. The highest BCUT2D eigenvalue weighted by Gasteiger charge is 2.39. The molecule has 160 valence electrons. The molecule has 32 heavy (non-hydrogen) atoms. The number of rotatable bonds is 5. The summed E-state index contributed by atoms with van der Waals surface area (Å²) in [7, 11) is 0. The summed E-state index contributed by atoms with van der Waals surface area (Å²) in [6, 6.07) is 20.7. The summed E-state index contributed by atoms with van der Waals surface area (Å²) >= 11 is 0. The standard InChI is InChI=1S/C26H22N2O4/c1-16-8-10-20(17(2)12-16)23-24(27-19-6-4-3-5-7-19)26(30)28(25(23)29)14-18-9-11-21-22(13-18)32-15-31-21/h3-13,27H,14-15H2,1-2H3. The van der Waals surface area contributed by atoms with Crippen molar-refractivity contribution in [2.45, 2.75) is 20.4 Å². The van der Waals surface area contributed by atoms with Gasteiger partial charge in [-0.3, -0.25) is 14.5 Å². The summed E-state index contributed by atoms with van der Waals surface area (Å²) in [6.07, 6.45) is 0. The van der Waals surface area contributed by atoms with E-state index in [1.54, 1.807) is 6.07 Å². The van der Waals surface area contributed by atoms with E-state index >= 15 is 0 Å². The van der Waals surface area contributed by atoms with Crippen molar-refractivity contribution in [2.75, 3.05) is 12.1 Å². The lowest BCUT2D eigenvalue weighted by molar-refractivity contribution is -0.137. The summed E-state index contributed by atoms with van der Waals surface area (Å²) in [5.41, 5.74) is 5.00. The number of carbonyl (C=O) groups excluding carboxylic acids is 2. The monoisotopic (exact) mass is 426 g/mol. The van der Waals surface area contributed by atoms with Crippen molar-refractivity contribution in [2.24, 2.45) is 0 Å². The number of nitrogens with zero attached hydrogens (tertiary/aromatic N) is 1. The molecular weight excluding hydrogens is 404 g/mol. The molecule has 0 saturated heterocycles. The van der Waals surface area contributed by atoms with Crippen LogP contribution in [-0.2, 0) is 16.1 Å². The lowest BCUT2D eigenvalue weighted by Gasteiger charge is -2.16. The number of hydrogen-bond donors (Lipinski definition) is 1. The molecule has 0 aromatic heterocycles. The molecule has 2 amide bonds. The molecule has 0 fully saturated rings. The van der Waals surface area contributed by atoms with Crippen molar-refractivity contribution in [3.63, 3.8) is 0 Å². The van der Waals surface area contributed by atoms with Gasteiger partial charge in [-0.25, -0.2) is 0 Å². The van der Waals surface area contributed by atoms with E-state index in [9.17, 15) is 9.59 Å². The first-order valence-corrected chi connectivity index (χ1v) is 10.4. The number of carbonyl (C=O) groups is 2. The van der Waals surface area contributed by atoms with Crippen LogP contribution < -0.4 is 14.8 Å². The molecule has 0 aliphatic carbocycles. The maximum atomic E-state index is 13.5. The summed E-state index contributed by atoms with van der Waals surface area (Å²) in [5.74, 6) is 0.602. The normalized spacial score (nSPS) is 15.0. The number of fused-ring (bicyclic) bond motifs is 1. The van der Waals surface area contributed by atoms with Gasteiger partial charge in [-0.1, -0.05) is 48.0 Å². The van der Waals surface area contributed by atoms with Gasteiger partial charge in [0, 0.05) is 5.69 Å². The fourth-order valence-corrected chi connectivity index (χ4v) is 4.07. The lowest BCUT2D eigenvalue weighted by Crippen LogP contribution is -2.32. The van der Waals surface area contributed by atoms with Crippen LogP contribution in [0, 0.1) is 13.8 Å². The molecule has 1 N–H and O–H groups in total. The van der Waals surface area contributed by atoms with Crippen LogP contribution in [0.1, 0.15) is 22.3 Å². The fourth-order valence-electron chi connectivity index (χ4n) is 4.07. The molecule has 0 saturated carbocycles. The van der Waals surface area contributed by atoms with Crippen LogP contribution in [0.4, 0.5) is 5.69 Å². The third-order valence-electron chi connectivity index (χ3n) is 5.64. The number of imide groups is 1. The van der Waals surface area contributed by atoms with Crippen LogP contribution in [-0.4, -0.2) is 23.5 Å². The number of aryl methyl sites for hydroxylation is 2. The topological polar surface area (TPSA) is 67.9 Å². The number of benzene rings is 3. The van der Waals surface area contributed by atoms with E-state index in [0.717, 1.165) is 27.9 Å². The van der Waals surface area contributed by atoms with Crippen LogP contribution in [0.5, 0.6) is 11.5 Å². The number of hydrogen-bond acceptors (Lipinski definition) is 5. The molecule has 3 aromatic carbocycles. The second-order valence-corrected chi connectivity index (χ2v) is 7.94. The molecule has 2 aliphatic heterocycles. The quantitative estimate of drug-likeness (QED) is 0.612.